The van der Waals surface area contributed by atoms with Gasteiger partial charge in [-0.05, 0) is 23.8 Å². The molecule has 2 heterocycles. The second kappa shape index (κ2) is 7.86. The van der Waals surface area contributed by atoms with Crippen LogP contribution < -0.4 is 10.2 Å². The molecule has 3 aromatic rings. The number of nitrogens with zero attached hydrogens (tertiary/aromatic N) is 2. The normalized spacial score (nSPS) is 13.7. The molecule has 6 nitrogen and oxygen atoms in total. The molecular weight excluding hydrogens is 417 g/mol. The fourth-order valence-corrected chi connectivity index (χ4v) is 3.76. The summed E-state index contributed by atoms with van der Waals surface area (Å²) in [6, 6.07) is 12.5. The van der Waals surface area contributed by atoms with Crippen molar-refractivity contribution in [2.24, 2.45) is 0 Å². The van der Waals surface area contributed by atoms with E-state index in [-0.39, 0.29) is 23.7 Å². The highest BCUT2D eigenvalue weighted by atomic mass is 32.2. The molecule has 154 valence electrons. The molecule has 2 amide bonds. The van der Waals surface area contributed by atoms with Gasteiger partial charge in [-0.2, -0.15) is 13.2 Å². The lowest BCUT2D eigenvalue weighted by molar-refractivity contribution is -0.137. The lowest BCUT2D eigenvalue weighted by Crippen LogP contribution is -2.43. The molecule has 0 spiro atoms. The number of imidazole rings is 1. The van der Waals surface area contributed by atoms with Crippen molar-refractivity contribution >= 4 is 35.0 Å². The number of alkyl halides is 3. The van der Waals surface area contributed by atoms with Gasteiger partial charge in [-0.3, -0.25) is 9.59 Å². The number of hydrogen-bond donors (Lipinski definition) is 2. The van der Waals surface area contributed by atoms with Crippen molar-refractivity contribution < 1.29 is 22.8 Å². The van der Waals surface area contributed by atoms with Gasteiger partial charge in [-0.1, -0.05) is 42.1 Å². The van der Waals surface area contributed by atoms with Crippen LogP contribution in [0.4, 0.5) is 24.5 Å². The van der Waals surface area contributed by atoms with Gasteiger partial charge in [0.1, 0.15) is 6.54 Å². The predicted molar refractivity (Wildman–Crippen MR) is 107 cm³/mol. The summed E-state index contributed by atoms with van der Waals surface area (Å²) in [5, 5.41) is 2.92. The van der Waals surface area contributed by atoms with Gasteiger partial charge in [-0.15, -0.1) is 0 Å². The van der Waals surface area contributed by atoms with E-state index >= 15 is 0 Å². The summed E-state index contributed by atoms with van der Waals surface area (Å²) in [5.74, 6) is -0.992. The number of hydrogen-bond acceptors (Lipinski definition) is 4. The van der Waals surface area contributed by atoms with Crippen LogP contribution in [0.3, 0.4) is 0 Å². The number of benzene rings is 2. The number of carbonyl (C=O) groups excluding carboxylic acids is 2. The van der Waals surface area contributed by atoms with Crippen molar-refractivity contribution in [2.45, 2.75) is 11.3 Å². The van der Waals surface area contributed by atoms with Crippen LogP contribution in [0.1, 0.15) is 5.56 Å². The van der Waals surface area contributed by atoms with Crippen molar-refractivity contribution in [3.05, 3.63) is 60.3 Å². The molecule has 0 atom stereocenters. The van der Waals surface area contributed by atoms with Gasteiger partial charge in [0.2, 0.25) is 11.8 Å². The number of H-pyrrole nitrogens is 1. The van der Waals surface area contributed by atoms with Gasteiger partial charge in [0.05, 0.1) is 34.6 Å². The molecule has 0 unspecified atom stereocenters. The van der Waals surface area contributed by atoms with Crippen LogP contribution in [-0.4, -0.2) is 34.1 Å². The van der Waals surface area contributed by atoms with Crippen LogP contribution in [0.2, 0.25) is 0 Å². The Bertz CT molecular complexity index is 1100. The molecule has 2 aromatic carbocycles. The van der Waals surface area contributed by atoms with Crippen LogP contribution >= 0.6 is 11.8 Å². The quantitative estimate of drug-likeness (QED) is 0.607. The van der Waals surface area contributed by atoms with E-state index in [0.717, 1.165) is 35.2 Å². The van der Waals surface area contributed by atoms with Crippen LogP contribution in [0.25, 0.3) is 11.3 Å². The minimum Gasteiger partial charge on any atom is -0.333 e. The molecule has 0 radical (unpaired) electrons. The van der Waals surface area contributed by atoms with Gasteiger partial charge < -0.3 is 15.2 Å². The van der Waals surface area contributed by atoms with Crippen LogP contribution in [-0.2, 0) is 15.8 Å². The summed E-state index contributed by atoms with van der Waals surface area (Å²) >= 11 is 1.15. The summed E-state index contributed by atoms with van der Waals surface area (Å²) in [6.45, 7) is -0.259. The van der Waals surface area contributed by atoms with E-state index in [1.54, 1.807) is 6.20 Å². The first-order valence-electron chi connectivity index (χ1n) is 8.86. The standard InChI is InChI=1S/C20H15F3N4O2S/c21-20(22,23)13-6-7-16-14(8-13)25-17(28)10-27(16)18(29)11-30-19-24-9-15(26-19)12-4-2-1-3-5-12/h1-9H,10-11H2,(H,24,26)(H,25,28). The fourth-order valence-electron chi connectivity index (χ4n) is 3.04. The third-order valence-electron chi connectivity index (χ3n) is 4.46. The molecule has 4 rings (SSSR count). The van der Waals surface area contributed by atoms with Gasteiger partial charge in [-0.25, -0.2) is 4.98 Å². The summed E-state index contributed by atoms with van der Waals surface area (Å²) in [4.78, 5) is 33.2. The number of amides is 2. The second-order valence-corrected chi connectivity index (χ2v) is 7.48. The molecule has 10 heteroatoms. The zero-order chi connectivity index (χ0) is 21.3. The lowest BCUT2D eigenvalue weighted by atomic mass is 10.1. The Morgan fingerprint density at radius 3 is 2.67 bits per heavy atom. The number of carbonyl (C=O) groups is 2. The zero-order valence-electron chi connectivity index (χ0n) is 15.4. The van der Waals surface area contributed by atoms with E-state index in [0.29, 0.717) is 5.16 Å². The molecule has 0 fully saturated rings. The molecule has 1 aliphatic rings. The molecule has 0 aliphatic carbocycles. The maximum absolute atomic E-state index is 12.9. The number of thioether (sulfide) groups is 1. The van der Waals surface area contributed by atoms with Gasteiger partial charge in [0, 0.05) is 0 Å². The van der Waals surface area contributed by atoms with E-state index in [9.17, 15) is 22.8 Å². The highest BCUT2D eigenvalue weighted by Gasteiger charge is 2.34. The maximum atomic E-state index is 12.9. The van der Waals surface area contributed by atoms with Crippen LogP contribution in [0.15, 0.2) is 59.9 Å². The highest BCUT2D eigenvalue weighted by Crippen LogP contribution is 2.37. The number of fused-ring (bicyclic) bond motifs is 1. The Morgan fingerprint density at radius 2 is 1.93 bits per heavy atom. The first-order chi connectivity index (χ1) is 14.3. The molecule has 1 aromatic heterocycles. The Hall–Kier alpha value is -3.27. The van der Waals surface area contributed by atoms with Crippen LogP contribution in [0.5, 0.6) is 0 Å². The van der Waals surface area contributed by atoms with Crippen molar-refractivity contribution in [3.8, 4) is 11.3 Å². The van der Waals surface area contributed by atoms with Crippen molar-refractivity contribution in [2.75, 3.05) is 22.5 Å². The maximum Gasteiger partial charge on any atom is 0.416 e. The van der Waals surface area contributed by atoms with Crippen LogP contribution in [0, 0.1) is 0 Å². The largest absolute Gasteiger partial charge is 0.416 e. The van der Waals surface area contributed by atoms with E-state index in [1.165, 1.54) is 11.0 Å². The van der Waals surface area contributed by atoms with Gasteiger partial charge in [0.15, 0.2) is 5.16 Å². The third kappa shape index (κ3) is 4.18. The number of nitrogens with one attached hydrogen (secondary N) is 2. The Balaban J connectivity index is 1.48. The number of anilines is 2. The molecule has 1 aliphatic heterocycles. The van der Waals surface area contributed by atoms with E-state index in [1.807, 2.05) is 30.3 Å². The van der Waals surface area contributed by atoms with Gasteiger partial charge >= 0.3 is 6.18 Å². The van der Waals surface area contributed by atoms with Gasteiger partial charge in [0.25, 0.3) is 0 Å². The topological polar surface area (TPSA) is 78.1 Å². The minimum atomic E-state index is -4.54. The average Bonchev–Trinajstić information content (AvgIpc) is 3.20. The Morgan fingerprint density at radius 1 is 1.17 bits per heavy atom. The first-order valence-corrected chi connectivity index (χ1v) is 9.84. The smallest absolute Gasteiger partial charge is 0.333 e. The van der Waals surface area contributed by atoms with E-state index in [4.69, 9.17) is 0 Å². The molecule has 0 saturated heterocycles. The van der Waals surface area contributed by atoms with E-state index < -0.39 is 23.6 Å². The zero-order valence-corrected chi connectivity index (χ0v) is 16.2. The molecular formula is C20H15F3N4O2S. The minimum absolute atomic E-state index is 0.0323. The Labute approximate surface area is 173 Å². The van der Waals surface area contributed by atoms with Crippen molar-refractivity contribution in [3.63, 3.8) is 0 Å². The highest BCUT2D eigenvalue weighted by molar-refractivity contribution is 7.99. The predicted octanol–water partition coefficient (Wildman–Crippen LogP) is 4.17. The second-order valence-electron chi connectivity index (χ2n) is 6.51. The number of aromatic amines is 1. The summed E-state index contributed by atoms with van der Waals surface area (Å²) < 4.78 is 38.8. The molecule has 0 bridgehead atoms. The number of rotatable bonds is 4. The third-order valence-corrected chi connectivity index (χ3v) is 5.33. The average molecular weight is 432 g/mol. The SMILES string of the molecule is O=C1CN(C(=O)CSc2ncc(-c3ccccc3)[nH]2)c2ccc(C(F)(F)F)cc2N1. The van der Waals surface area contributed by atoms with E-state index in [2.05, 4.69) is 15.3 Å². The molecule has 0 saturated carbocycles. The lowest BCUT2D eigenvalue weighted by Gasteiger charge is -2.29. The summed E-state index contributed by atoms with van der Waals surface area (Å²) in [5.41, 5.74) is 1.05. The summed E-state index contributed by atoms with van der Waals surface area (Å²) in [7, 11) is 0. The fraction of sp³-hybridized carbons (Fsp3) is 0.150. The Kier molecular flexibility index (Phi) is 5.25. The first kappa shape index (κ1) is 20.0. The van der Waals surface area contributed by atoms with Crippen molar-refractivity contribution in [1.82, 2.24) is 9.97 Å². The van der Waals surface area contributed by atoms with Crippen molar-refractivity contribution in [1.29, 1.82) is 0 Å². The number of halogens is 3. The molecule has 30 heavy (non-hydrogen) atoms. The molecule has 2 N–H and O–H groups in total. The summed E-state index contributed by atoms with van der Waals surface area (Å²) in [6.07, 6.45) is -2.89. The monoisotopic (exact) mass is 432 g/mol. The number of aromatic nitrogens is 2.